The van der Waals surface area contributed by atoms with Crippen LogP contribution in [-0.2, 0) is 11.2 Å². The molecule has 0 aliphatic carbocycles. The van der Waals surface area contributed by atoms with Crippen LogP contribution in [0.1, 0.15) is 5.56 Å². The van der Waals surface area contributed by atoms with E-state index in [0.717, 1.165) is 0 Å². The second kappa shape index (κ2) is 7.49. The maximum absolute atomic E-state index is 13.6. The third-order valence-electron chi connectivity index (χ3n) is 3.24. The maximum Gasteiger partial charge on any atom is 0.228 e. The van der Waals surface area contributed by atoms with Gasteiger partial charge >= 0.3 is 0 Å². The van der Waals surface area contributed by atoms with Crippen LogP contribution in [0.3, 0.4) is 0 Å². The van der Waals surface area contributed by atoms with Crippen molar-refractivity contribution < 1.29 is 23.4 Å². The van der Waals surface area contributed by atoms with Crippen LogP contribution in [0.5, 0.6) is 17.2 Å². The molecule has 0 aliphatic rings. The topological polar surface area (TPSA) is 56.8 Å². The number of nitrogens with one attached hydrogen (secondary N) is 1. The van der Waals surface area contributed by atoms with Crippen LogP contribution in [0.25, 0.3) is 0 Å². The lowest BCUT2D eigenvalue weighted by molar-refractivity contribution is -0.115. The van der Waals surface area contributed by atoms with Gasteiger partial charge < -0.3 is 19.5 Å². The molecule has 1 amide bonds. The molecule has 2 aromatic rings. The Balaban J connectivity index is 2.19. The van der Waals surface area contributed by atoms with E-state index < -0.39 is 5.82 Å². The number of methoxy groups -OCH3 is 3. The van der Waals surface area contributed by atoms with Gasteiger partial charge in [-0.1, -0.05) is 12.1 Å². The Kier molecular flexibility index (Phi) is 5.41. The van der Waals surface area contributed by atoms with E-state index in [2.05, 4.69) is 5.32 Å². The fourth-order valence-corrected chi connectivity index (χ4v) is 2.18. The van der Waals surface area contributed by atoms with Gasteiger partial charge in [-0.15, -0.1) is 0 Å². The number of hydrogen-bond donors (Lipinski definition) is 1. The molecule has 6 heteroatoms. The van der Waals surface area contributed by atoms with E-state index in [-0.39, 0.29) is 18.0 Å². The van der Waals surface area contributed by atoms with E-state index in [9.17, 15) is 9.18 Å². The molecule has 0 atom stereocenters. The summed E-state index contributed by atoms with van der Waals surface area (Å²) in [4.78, 5) is 12.1. The van der Waals surface area contributed by atoms with Crippen molar-refractivity contribution in [2.45, 2.75) is 6.42 Å². The van der Waals surface area contributed by atoms with Crippen molar-refractivity contribution >= 4 is 11.6 Å². The highest BCUT2D eigenvalue weighted by atomic mass is 19.1. The predicted molar refractivity (Wildman–Crippen MR) is 84.8 cm³/mol. The monoisotopic (exact) mass is 319 g/mol. The third-order valence-corrected chi connectivity index (χ3v) is 3.24. The molecule has 0 radical (unpaired) electrons. The number of rotatable bonds is 6. The molecule has 2 aromatic carbocycles. The van der Waals surface area contributed by atoms with Crippen LogP contribution in [0.2, 0.25) is 0 Å². The van der Waals surface area contributed by atoms with Crippen LogP contribution in [-0.4, -0.2) is 27.2 Å². The number of anilines is 1. The van der Waals surface area contributed by atoms with Crippen LogP contribution >= 0.6 is 0 Å². The van der Waals surface area contributed by atoms with E-state index in [1.165, 1.54) is 33.5 Å². The van der Waals surface area contributed by atoms with Crippen LogP contribution in [0, 0.1) is 5.82 Å². The van der Waals surface area contributed by atoms with Crippen LogP contribution in [0.4, 0.5) is 10.1 Å². The summed E-state index contributed by atoms with van der Waals surface area (Å²) in [6.07, 6.45) is 0.0467. The van der Waals surface area contributed by atoms with Gasteiger partial charge in [0.1, 0.15) is 5.82 Å². The molecule has 0 unspecified atom stereocenters. The molecule has 0 fully saturated rings. The molecular weight excluding hydrogens is 301 g/mol. The molecule has 5 nitrogen and oxygen atoms in total. The Bertz CT molecular complexity index is 678. The summed E-state index contributed by atoms with van der Waals surface area (Å²) in [5, 5.41) is 2.54. The van der Waals surface area contributed by atoms with Crippen molar-refractivity contribution in [3.63, 3.8) is 0 Å². The lowest BCUT2D eigenvalue weighted by Gasteiger charge is -2.14. The molecule has 1 N–H and O–H groups in total. The number of amides is 1. The lowest BCUT2D eigenvalue weighted by atomic mass is 10.1. The second-order valence-corrected chi connectivity index (χ2v) is 4.74. The third kappa shape index (κ3) is 3.91. The standard InChI is InChI=1S/C17H18FNO4/c1-21-14-8-11(9-15(22-2)17(14)23-3)10-16(20)19-13-7-5-4-6-12(13)18/h4-9H,10H2,1-3H3,(H,19,20). The summed E-state index contributed by atoms with van der Waals surface area (Å²) in [7, 11) is 4.51. The van der Waals surface area contributed by atoms with Crippen LogP contribution in [0.15, 0.2) is 36.4 Å². The Morgan fingerprint density at radius 3 is 2.17 bits per heavy atom. The summed E-state index contributed by atoms with van der Waals surface area (Å²) in [6.45, 7) is 0. The summed E-state index contributed by atoms with van der Waals surface area (Å²) in [6, 6.07) is 9.37. The molecule has 0 heterocycles. The molecular formula is C17H18FNO4. The minimum atomic E-state index is -0.481. The first-order chi connectivity index (χ1) is 11.1. The second-order valence-electron chi connectivity index (χ2n) is 4.74. The molecule has 0 bridgehead atoms. The van der Waals surface area contributed by atoms with Gasteiger partial charge in [-0.2, -0.15) is 0 Å². The smallest absolute Gasteiger partial charge is 0.228 e. The minimum absolute atomic E-state index is 0.0467. The Morgan fingerprint density at radius 1 is 1.04 bits per heavy atom. The lowest BCUT2D eigenvalue weighted by Crippen LogP contribution is -2.15. The molecule has 0 aliphatic heterocycles. The van der Waals surface area contributed by atoms with Gasteiger partial charge in [-0.05, 0) is 29.8 Å². The van der Waals surface area contributed by atoms with Crippen molar-refractivity contribution in [1.29, 1.82) is 0 Å². The first-order valence-electron chi connectivity index (χ1n) is 6.92. The van der Waals surface area contributed by atoms with E-state index in [0.29, 0.717) is 22.8 Å². The Labute approximate surface area is 134 Å². The van der Waals surface area contributed by atoms with Crippen molar-refractivity contribution in [3.05, 3.63) is 47.8 Å². The number of halogens is 1. The van der Waals surface area contributed by atoms with Crippen molar-refractivity contribution in [2.75, 3.05) is 26.6 Å². The van der Waals surface area contributed by atoms with Gasteiger partial charge in [-0.3, -0.25) is 4.79 Å². The van der Waals surface area contributed by atoms with E-state index in [4.69, 9.17) is 14.2 Å². The largest absolute Gasteiger partial charge is 0.493 e. The Hall–Kier alpha value is -2.76. The van der Waals surface area contributed by atoms with Gasteiger partial charge in [0.05, 0.1) is 33.4 Å². The van der Waals surface area contributed by atoms with Gasteiger partial charge in [0.2, 0.25) is 11.7 Å². The number of para-hydroxylation sites is 1. The minimum Gasteiger partial charge on any atom is -0.493 e. The normalized spacial score (nSPS) is 10.1. The quantitative estimate of drug-likeness (QED) is 0.889. The number of carbonyl (C=O) groups is 1. The molecule has 0 aromatic heterocycles. The molecule has 23 heavy (non-hydrogen) atoms. The Morgan fingerprint density at radius 2 is 1.65 bits per heavy atom. The predicted octanol–water partition coefficient (Wildman–Crippen LogP) is 3.03. The van der Waals surface area contributed by atoms with E-state index >= 15 is 0 Å². The molecule has 2 rings (SSSR count). The number of benzene rings is 2. The zero-order valence-electron chi connectivity index (χ0n) is 13.2. The van der Waals surface area contributed by atoms with Gasteiger partial charge in [-0.25, -0.2) is 4.39 Å². The average Bonchev–Trinajstić information content (AvgIpc) is 2.55. The molecule has 0 saturated carbocycles. The maximum atomic E-state index is 13.6. The van der Waals surface area contributed by atoms with Crippen molar-refractivity contribution in [2.24, 2.45) is 0 Å². The zero-order valence-corrected chi connectivity index (χ0v) is 13.2. The number of ether oxygens (including phenoxy) is 3. The first-order valence-corrected chi connectivity index (χ1v) is 6.92. The summed E-state index contributed by atoms with van der Waals surface area (Å²) >= 11 is 0. The zero-order chi connectivity index (χ0) is 16.8. The van der Waals surface area contributed by atoms with Crippen molar-refractivity contribution in [3.8, 4) is 17.2 Å². The first kappa shape index (κ1) is 16.6. The SMILES string of the molecule is COc1cc(CC(=O)Nc2ccccc2F)cc(OC)c1OC. The fourth-order valence-electron chi connectivity index (χ4n) is 2.18. The molecule has 0 spiro atoms. The summed E-state index contributed by atoms with van der Waals surface area (Å²) in [5.74, 6) is 0.546. The van der Waals surface area contributed by atoms with Crippen molar-refractivity contribution in [1.82, 2.24) is 0 Å². The highest BCUT2D eigenvalue weighted by Gasteiger charge is 2.15. The van der Waals surface area contributed by atoms with E-state index in [1.807, 2.05) is 0 Å². The number of carbonyl (C=O) groups excluding carboxylic acids is 1. The highest BCUT2D eigenvalue weighted by Crippen LogP contribution is 2.38. The average molecular weight is 319 g/mol. The van der Waals surface area contributed by atoms with E-state index in [1.54, 1.807) is 24.3 Å². The summed E-state index contributed by atoms with van der Waals surface area (Å²) < 4.78 is 29.3. The fraction of sp³-hybridized carbons (Fsp3) is 0.235. The summed E-state index contributed by atoms with van der Waals surface area (Å²) in [5.41, 5.74) is 0.804. The molecule has 0 saturated heterocycles. The number of hydrogen-bond acceptors (Lipinski definition) is 4. The van der Waals surface area contributed by atoms with Gasteiger partial charge in [0.25, 0.3) is 0 Å². The molecule has 122 valence electrons. The van der Waals surface area contributed by atoms with Gasteiger partial charge in [0, 0.05) is 0 Å². The van der Waals surface area contributed by atoms with Gasteiger partial charge in [0.15, 0.2) is 11.5 Å². The van der Waals surface area contributed by atoms with Crippen LogP contribution < -0.4 is 19.5 Å². The highest BCUT2D eigenvalue weighted by molar-refractivity contribution is 5.92.